The minimum Gasteiger partial charge on any atom is -0.496 e. The third kappa shape index (κ3) is 4.63. The number of halogens is 2. The van der Waals surface area contributed by atoms with Gasteiger partial charge in [0.05, 0.1) is 25.4 Å². The Kier molecular flexibility index (Phi) is 7.98. The van der Waals surface area contributed by atoms with Gasteiger partial charge >= 0.3 is 0 Å². The monoisotopic (exact) mass is 548 g/mol. The predicted octanol–water partition coefficient (Wildman–Crippen LogP) is 7.40. The highest BCUT2D eigenvalue weighted by Crippen LogP contribution is 2.68. The smallest absolute Gasteiger partial charge is 0.126 e. The molecule has 0 aromatic heterocycles. The van der Waals surface area contributed by atoms with Crippen molar-refractivity contribution >= 4 is 11.6 Å². The predicted molar refractivity (Wildman–Crippen MR) is 149 cm³/mol. The second kappa shape index (κ2) is 10.7. The van der Waals surface area contributed by atoms with Gasteiger partial charge in [0.15, 0.2) is 0 Å². The largest absolute Gasteiger partial charge is 0.496 e. The first kappa shape index (κ1) is 28.4. The van der Waals surface area contributed by atoms with Crippen LogP contribution in [-0.2, 0) is 0 Å². The van der Waals surface area contributed by atoms with Crippen LogP contribution in [0.2, 0.25) is 5.02 Å². The van der Waals surface area contributed by atoms with Gasteiger partial charge in [-0.1, -0.05) is 51.3 Å². The van der Waals surface area contributed by atoms with E-state index in [1.165, 1.54) is 0 Å². The Morgan fingerprint density at radius 3 is 2.50 bits per heavy atom. The molecule has 6 heteroatoms. The van der Waals surface area contributed by atoms with Gasteiger partial charge in [-0.05, 0) is 103 Å². The number of ether oxygens (including phenoxy) is 1. The molecule has 0 aliphatic heterocycles. The normalized spacial score (nSPS) is 40.2. The van der Waals surface area contributed by atoms with Crippen molar-refractivity contribution in [2.24, 2.45) is 40.4 Å². The second-order valence-electron chi connectivity index (χ2n) is 13.4. The van der Waals surface area contributed by atoms with Crippen LogP contribution in [0.5, 0.6) is 5.75 Å². The molecule has 3 N–H and O–H groups in total. The SMILES string of the molecule is COc1cc(Cl)ccc1[C@@H](O)CCC[C@@H](C)[C@H]1CC[C@H]2C3=C(F)C[C@H]4[C@@H](O)[C@@H](O)CC[C@]4(C)[C@H]3CC[C@]12C. The fraction of sp³-hybridized carbons (Fsp3) is 0.750. The van der Waals surface area contributed by atoms with Crippen LogP contribution < -0.4 is 4.74 Å². The first-order valence-corrected chi connectivity index (χ1v) is 15.1. The maximum absolute atomic E-state index is 15.9. The molecule has 0 unspecified atom stereocenters. The zero-order valence-corrected chi connectivity index (χ0v) is 24.2. The zero-order chi connectivity index (χ0) is 27.4. The van der Waals surface area contributed by atoms with Crippen LogP contribution in [0.4, 0.5) is 4.39 Å². The lowest BCUT2D eigenvalue weighted by molar-refractivity contribution is -0.128. The summed E-state index contributed by atoms with van der Waals surface area (Å²) in [5, 5.41) is 32.5. The summed E-state index contributed by atoms with van der Waals surface area (Å²) < 4.78 is 21.3. The van der Waals surface area contributed by atoms with Crippen LogP contribution in [0.15, 0.2) is 29.6 Å². The molecule has 4 aliphatic rings. The molecule has 38 heavy (non-hydrogen) atoms. The fourth-order valence-electron chi connectivity index (χ4n) is 9.51. The number of methoxy groups -OCH3 is 1. The van der Waals surface area contributed by atoms with Gasteiger partial charge in [-0.3, -0.25) is 0 Å². The first-order chi connectivity index (χ1) is 18.0. The van der Waals surface area contributed by atoms with Gasteiger partial charge in [-0.2, -0.15) is 0 Å². The lowest BCUT2D eigenvalue weighted by Crippen LogP contribution is -2.55. The van der Waals surface area contributed by atoms with E-state index >= 15 is 4.39 Å². The summed E-state index contributed by atoms with van der Waals surface area (Å²) in [5.74, 6) is 1.95. The van der Waals surface area contributed by atoms with Gasteiger partial charge in [-0.15, -0.1) is 0 Å². The Morgan fingerprint density at radius 2 is 1.76 bits per heavy atom. The summed E-state index contributed by atoms with van der Waals surface area (Å²) in [5.41, 5.74) is 1.81. The molecular weight excluding hydrogens is 503 g/mol. The lowest BCUT2D eigenvalue weighted by Gasteiger charge is -2.59. The van der Waals surface area contributed by atoms with Gasteiger partial charge < -0.3 is 20.1 Å². The van der Waals surface area contributed by atoms with Crippen LogP contribution in [0, 0.1) is 40.4 Å². The van der Waals surface area contributed by atoms with E-state index in [2.05, 4.69) is 20.8 Å². The lowest BCUT2D eigenvalue weighted by atomic mass is 9.47. The van der Waals surface area contributed by atoms with E-state index < -0.39 is 18.3 Å². The van der Waals surface area contributed by atoms with Crippen LogP contribution >= 0.6 is 11.6 Å². The van der Waals surface area contributed by atoms with E-state index in [-0.39, 0.29) is 40.8 Å². The number of hydrogen-bond donors (Lipinski definition) is 3. The van der Waals surface area contributed by atoms with Crippen LogP contribution in [0.3, 0.4) is 0 Å². The van der Waals surface area contributed by atoms with E-state index in [0.717, 1.165) is 56.1 Å². The fourth-order valence-corrected chi connectivity index (χ4v) is 9.67. The minimum absolute atomic E-state index is 0.00915. The zero-order valence-electron chi connectivity index (χ0n) is 23.4. The van der Waals surface area contributed by atoms with Crippen molar-refractivity contribution < 1.29 is 24.4 Å². The molecule has 4 nitrogen and oxygen atoms in total. The summed E-state index contributed by atoms with van der Waals surface area (Å²) in [6, 6.07) is 5.38. The third-order valence-electron chi connectivity index (χ3n) is 11.7. The van der Waals surface area contributed by atoms with Crippen molar-refractivity contribution in [1.82, 2.24) is 0 Å². The number of allylic oxidation sites excluding steroid dienone is 2. The number of aliphatic hydroxyl groups is 3. The standard InChI is InChI=1S/C32H46ClFO4/c1-18(6-5-7-26(35)20-9-8-19(33)16-28(20)38-4)21-10-11-22-29-23(12-14-31(21,22)2)32(3)15-13-27(36)30(37)24(32)17-25(29)34/h8-9,16,18,21-24,26-27,30,35-37H,5-7,10-15,17H2,1-4H3/t18-,21-,22+,23+,24+,26+,27+,30-,31-,32-/m1/s1. The summed E-state index contributed by atoms with van der Waals surface area (Å²) in [7, 11) is 1.60. The summed E-state index contributed by atoms with van der Waals surface area (Å²) in [6.07, 6.45) is 6.48. The molecule has 3 fully saturated rings. The van der Waals surface area contributed by atoms with Crippen LogP contribution in [0.25, 0.3) is 0 Å². The molecular formula is C32H46ClFO4. The van der Waals surface area contributed by atoms with E-state index in [1.807, 2.05) is 6.07 Å². The van der Waals surface area contributed by atoms with E-state index in [4.69, 9.17) is 16.3 Å². The van der Waals surface area contributed by atoms with Crippen molar-refractivity contribution in [2.45, 2.75) is 103 Å². The maximum atomic E-state index is 15.9. The van der Waals surface area contributed by atoms with Gasteiger partial charge in [0.25, 0.3) is 0 Å². The molecule has 4 aliphatic carbocycles. The topological polar surface area (TPSA) is 69.9 Å². The van der Waals surface area contributed by atoms with Gasteiger partial charge in [-0.25, -0.2) is 4.39 Å². The molecule has 0 bridgehead atoms. The van der Waals surface area contributed by atoms with Crippen molar-refractivity contribution in [3.63, 3.8) is 0 Å². The molecule has 1 aromatic carbocycles. The van der Waals surface area contributed by atoms with E-state index in [1.54, 1.807) is 19.2 Å². The molecule has 0 heterocycles. The molecule has 5 rings (SSSR count). The molecule has 0 radical (unpaired) electrons. The molecule has 1 aromatic rings. The summed E-state index contributed by atoms with van der Waals surface area (Å²) >= 11 is 6.08. The molecule has 0 spiro atoms. The number of rotatable bonds is 7. The number of benzene rings is 1. The van der Waals surface area contributed by atoms with E-state index in [0.29, 0.717) is 35.4 Å². The summed E-state index contributed by atoms with van der Waals surface area (Å²) in [6.45, 7) is 7.01. The Labute approximate surface area is 232 Å². The summed E-state index contributed by atoms with van der Waals surface area (Å²) in [4.78, 5) is 0. The molecule has 3 saturated carbocycles. The molecule has 10 atom stereocenters. The second-order valence-corrected chi connectivity index (χ2v) is 13.9. The van der Waals surface area contributed by atoms with Crippen molar-refractivity contribution in [3.8, 4) is 5.75 Å². The Balaban J connectivity index is 1.26. The Morgan fingerprint density at radius 1 is 1.05 bits per heavy atom. The highest BCUT2D eigenvalue weighted by Gasteiger charge is 2.61. The van der Waals surface area contributed by atoms with Crippen molar-refractivity contribution in [2.75, 3.05) is 7.11 Å². The van der Waals surface area contributed by atoms with Crippen molar-refractivity contribution in [3.05, 3.63) is 40.2 Å². The highest BCUT2D eigenvalue weighted by molar-refractivity contribution is 6.30. The average Bonchev–Trinajstić information content (AvgIpc) is 3.24. The van der Waals surface area contributed by atoms with Crippen molar-refractivity contribution in [1.29, 1.82) is 0 Å². The molecule has 0 amide bonds. The van der Waals surface area contributed by atoms with Gasteiger partial charge in [0.2, 0.25) is 0 Å². The first-order valence-electron chi connectivity index (χ1n) is 14.8. The average molecular weight is 549 g/mol. The Bertz CT molecular complexity index is 1060. The van der Waals surface area contributed by atoms with Gasteiger partial charge in [0, 0.05) is 17.0 Å². The molecule has 212 valence electrons. The Hall–Kier alpha value is -1.14. The molecule has 0 saturated heterocycles. The maximum Gasteiger partial charge on any atom is 0.126 e. The number of fused-ring (bicyclic) bond motifs is 5. The quantitative estimate of drug-likeness (QED) is 0.332. The number of aliphatic hydroxyl groups excluding tert-OH is 3. The van der Waals surface area contributed by atoms with Crippen LogP contribution in [-0.4, -0.2) is 34.6 Å². The van der Waals surface area contributed by atoms with E-state index in [9.17, 15) is 15.3 Å². The van der Waals surface area contributed by atoms with Crippen LogP contribution in [0.1, 0.15) is 96.6 Å². The van der Waals surface area contributed by atoms with Gasteiger partial charge in [0.1, 0.15) is 11.6 Å². The number of hydrogen-bond acceptors (Lipinski definition) is 4. The third-order valence-corrected chi connectivity index (χ3v) is 11.9. The minimum atomic E-state index is -0.825. The highest BCUT2D eigenvalue weighted by atomic mass is 35.5.